The fourth-order valence-electron chi connectivity index (χ4n) is 2.05. The molecule has 1 amide bonds. The minimum atomic E-state index is -0.540. The van der Waals surface area contributed by atoms with Gasteiger partial charge in [-0.25, -0.2) is 4.79 Å². The zero-order valence-electron chi connectivity index (χ0n) is 14.1. The average molecular weight is 297 g/mol. The van der Waals surface area contributed by atoms with Gasteiger partial charge in [-0.3, -0.25) is 5.10 Å². The molecular formula is C14H27N5O2. The van der Waals surface area contributed by atoms with Crippen LogP contribution in [0.3, 0.4) is 0 Å². The van der Waals surface area contributed by atoms with Crippen molar-refractivity contribution in [2.75, 3.05) is 46.7 Å². The molecule has 0 atom stereocenters. The number of hydrogen-bond donors (Lipinski definition) is 2. The Morgan fingerprint density at radius 1 is 1.38 bits per heavy atom. The molecule has 0 radical (unpaired) electrons. The molecule has 21 heavy (non-hydrogen) atoms. The molecular weight excluding hydrogens is 270 g/mol. The molecule has 1 rings (SSSR count). The van der Waals surface area contributed by atoms with Gasteiger partial charge in [-0.2, -0.15) is 5.10 Å². The third-order valence-corrected chi connectivity index (χ3v) is 3.73. The molecule has 0 fully saturated rings. The lowest BCUT2D eigenvalue weighted by atomic mass is 9.96. The normalized spacial score (nSPS) is 11.6. The first-order valence-corrected chi connectivity index (χ1v) is 7.00. The number of likely N-dealkylation sites (N-methyl/N-ethyl adjacent to an activating group) is 1. The summed E-state index contributed by atoms with van der Waals surface area (Å²) in [4.78, 5) is 15.7. The van der Waals surface area contributed by atoms with Gasteiger partial charge in [0.05, 0.1) is 11.2 Å². The van der Waals surface area contributed by atoms with Crippen LogP contribution in [-0.2, 0) is 10.3 Å². The molecule has 0 aliphatic carbocycles. The van der Waals surface area contributed by atoms with Gasteiger partial charge in [0.25, 0.3) is 0 Å². The van der Waals surface area contributed by atoms with E-state index in [0.29, 0.717) is 13.2 Å². The fourth-order valence-corrected chi connectivity index (χ4v) is 2.05. The quantitative estimate of drug-likeness (QED) is 0.835. The van der Waals surface area contributed by atoms with E-state index < -0.39 is 5.54 Å². The Kier molecular flexibility index (Phi) is 5.60. The Balaban J connectivity index is 2.80. The molecule has 0 spiro atoms. The van der Waals surface area contributed by atoms with Crippen LogP contribution < -0.4 is 5.32 Å². The summed E-state index contributed by atoms with van der Waals surface area (Å²) in [5.41, 5.74) is 1.34. The van der Waals surface area contributed by atoms with E-state index in [4.69, 9.17) is 4.74 Å². The van der Waals surface area contributed by atoms with Gasteiger partial charge in [0, 0.05) is 26.2 Å². The minimum Gasteiger partial charge on any atom is -0.448 e. The van der Waals surface area contributed by atoms with Crippen LogP contribution in [0.1, 0.15) is 25.1 Å². The number of hydrogen-bond acceptors (Lipinski definition) is 5. The first kappa shape index (κ1) is 17.3. The van der Waals surface area contributed by atoms with Gasteiger partial charge >= 0.3 is 6.09 Å². The average Bonchev–Trinajstić information content (AvgIpc) is 2.78. The van der Waals surface area contributed by atoms with Gasteiger partial charge < -0.3 is 19.9 Å². The van der Waals surface area contributed by atoms with Crippen molar-refractivity contribution in [2.24, 2.45) is 0 Å². The summed E-state index contributed by atoms with van der Waals surface area (Å²) in [7, 11) is 7.43. The van der Waals surface area contributed by atoms with E-state index in [1.807, 2.05) is 46.8 Å². The molecule has 0 aliphatic heterocycles. The van der Waals surface area contributed by atoms with E-state index in [2.05, 4.69) is 15.5 Å². The number of nitrogens with zero attached hydrogens (tertiary/aromatic N) is 3. The maximum atomic E-state index is 12.2. The SMILES string of the molecule is CNc1n[nH]c(C(C)(C)N(C)C(=O)OCCN(C)C)c1C. The molecule has 0 saturated heterocycles. The summed E-state index contributed by atoms with van der Waals surface area (Å²) in [5.74, 6) is 0.785. The van der Waals surface area contributed by atoms with Gasteiger partial charge in [0.1, 0.15) is 6.61 Å². The van der Waals surface area contributed by atoms with Gasteiger partial charge in [-0.15, -0.1) is 0 Å². The Labute approximate surface area is 126 Å². The number of aromatic nitrogens is 2. The minimum absolute atomic E-state index is 0.346. The van der Waals surface area contributed by atoms with Crippen molar-refractivity contribution in [1.29, 1.82) is 0 Å². The zero-order chi connectivity index (χ0) is 16.2. The highest BCUT2D eigenvalue weighted by molar-refractivity contribution is 5.69. The predicted octanol–water partition coefficient (Wildman–Crippen LogP) is 1.62. The predicted molar refractivity (Wildman–Crippen MR) is 83.6 cm³/mol. The van der Waals surface area contributed by atoms with Gasteiger partial charge in [-0.05, 0) is 34.9 Å². The van der Waals surface area contributed by atoms with Crippen LogP contribution in [0.2, 0.25) is 0 Å². The molecule has 0 saturated carbocycles. The highest BCUT2D eigenvalue weighted by Crippen LogP contribution is 2.30. The van der Waals surface area contributed by atoms with Crippen molar-refractivity contribution in [1.82, 2.24) is 20.0 Å². The lowest BCUT2D eigenvalue weighted by molar-refractivity contribution is 0.0691. The van der Waals surface area contributed by atoms with E-state index in [0.717, 1.165) is 17.1 Å². The number of amides is 1. The van der Waals surface area contributed by atoms with Gasteiger partial charge in [0.15, 0.2) is 5.82 Å². The second kappa shape index (κ2) is 6.80. The molecule has 0 bridgehead atoms. The standard InChI is InChI=1S/C14H27N5O2/c1-10-11(16-17-12(10)15-4)14(2,3)19(7)13(20)21-9-8-18(5)6/h8-9H2,1-7H3,(H2,15,16,17). The van der Waals surface area contributed by atoms with E-state index in [9.17, 15) is 4.79 Å². The van der Waals surface area contributed by atoms with Crippen molar-refractivity contribution in [3.8, 4) is 0 Å². The monoisotopic (exact) mass is 297 g/mol. The lowest BCUT2D eigenvalue weighted by Crippen LogP contribution is -2.44. The second-order valence-corrected chi connectivity index (χ2v) is 5.86. The number of carbonyl (C=O) groups is 1. The molecule has 1 heterocycles. The Morgan fingerprint density at radius 2 is 2.00 bits per heavy atom. The highest BCUT2D eigenvalue weighted by Gasteiger charge is 2.34. The molecule has 120 valence electrons. The van der Waals surface area contributed by atoms with Crippen LogP contribution in [0, 0.1) is 6.92 Å². The fraction of sp³-hybridized carbons (Fsp3) is 0.714. The van der Waals surface area contributed by atoms with E-state index in [-0.39, 0.29) is 6.09 Å². The number of nitrogens with one attached hydrogen (secondary N) is 2. The van der Waals surface area contributed by atoms with Crippen molar-refractivity contribution in [2.45, 2.75) is 26.3 Å². The molecule has 1 aromatic rings. The third kappa shape index (κ3) is 3.87. The smallest absolute Gasteiger partial charge is 0.410 e. The summed E-state index contributed by atoms with van der Waals surface area (Å²) in [6.45, 7) is 6.96. The highest BCUT2D eigenvalue weighted by atomic mass is 16.6. The van der Waals surface area contributed by atoms with Crippen molar-refractivity contribution in [3.63, 3.8) is 0 Å². The lowest BCUT2D eigenvalue weighted by Gasteiger charge is -2.34. The first-order chi connectivity index (χ1) is 9.71. The molecule has 1 aromatic heterocycles. The number of aromatic amines is 1. The zero-order valence-corrected chi connectivity index (χ0v) is 14.1. The molecule has 0 aliphatic rings. The summed E-state index contributed by atoms with van der Waals surface area (Å²) in [6, 6.07) is 0. The summed E-state index contributed by atoms with van der Waals surface area (Å²) in [5, 5.41) is 10.2. The van der Waals surface area contributed by atoms with E-state index >= 15 is 0 Å². The van der Waals surface area contributed by atoms with E-state index in [1.165, 1.54) is 0 Å². The van der Waals surface area contributed by atoms with Crippen molar-refractivity contribution < 1.29 is 9.53 Å². The van der Waals surface area contributed by atoms with Crippen molar-refractivity contribution in [3.05, 3.63) is 11.3 Å². The maximum absolute atomic E-state index is 12.2. The second-order valence-electron chi connectivity index (χ2n) is 5.86. The number of rotatable bonds is 6. The number of ether oxygens (including phenoxy) is 1. The third-order valence-electron chi connectivity index (χ3n) is 3.73. The van der Waals surface area contributed by atoms with Gasteiger partial charge in [-0.1, -0.05) is 0 Å². The number of carbonyl (C=O) groups excluding carboxylic acids is 1. The van der Waals surface area contributed by atoms with Crippen LogP contribution in [0.4, 0.5) is 10.6 Å². The van der Waals surface area contributed by atoms with Crippen LogP contribution >= 0.6 is 0 Å². The largest absolute Gasteiger partial charge is 0.448 e. The molecule has 7 nitrogen and oxygen atoms in total. The number of H-pyrrole nitrogens is 1. The van der Waals surface area contributed by atoms with Crippen LogP contribution in [0.25, 0.3) is 0 Å². The van der Waals surface area contributed by atoms with E-state index in [1.54, 1.807) is 11.9 Å². The first-order valence-electron chi connectivity index (χ1n) is 7.00. The van der Waals surface area contributed by atoms with Crippen LogP contribution in [0.15, 0.2) is 0 Å². The molecule has 7 heteroatoms. The molecule has 2 N–H and O–H groups in total. The van der Waals surface area contributed by atoms with Gasteiger partial charge in [0.2, 0.25) is 0 Å². The molecule has 0 aromatic carbocycles. The Morgan fingerprint density at radius 3 is 2.48 bits per heavy atom. The summed E-state index contributed by atoms with van der Waals surface area (Å²) >= 11 is 0. The van der Waals surface area contributed by atoms with Crippen LogP contribution in [0.5, 0.6) is 0 Å². The number of anilines is 1. The summed E-state index contributed by atoms with van der Waals surface area (Å²) < 4.78 is 5.29. The Bertz CT molecular complexity index is 482. The van der Waals surface area contributed by atoms with Crippen molar-refractivity contribution >= 4 is 11.9 Å². The topological polar surface area (TPSA) is 73.5 Å². The summed E-state index contributed by atoms with van der Waals surface area (Å²) in [6.07, 6.45) is -0.346. The molecule has 0 unspecified atom stereocenters. The maximum Gasteiger partial charge on any atom is 0.410 e. The Hall–Kier alpha value is -1.76. The van der Waals surface area contributed by atoms with Crippen LogP contribution in [-0.4, -0.2) is 67.4 Å².